The zero-order valence-corrected chi connectivity index (χ0v) is 13.8. The predicted molar refractivity (Wildman–Crippen MR) is 96.2 cm³/mol. The average Bonchev–Trinajstić information content (AvgIpc) is 2.65. The molecule has 0 amide bonds. The molecule has 1 aliphatic rings. The molecule has 0 spiro atoms. The third kappa shape index (κ3) is 3.13. The van der Waals surface area contributed by atoms with Crippen LogP contribution in [0.25, 0.3) is 10.8 Å². The first-order valence-corrected chi connectivity index (χ1v) is 8.39. The van der Waals surface area contributed by atoms with Crippen LogP contribution in [-0.4, -0.2) is 40.9 Å². The topological polar surface area (TPSA) is 41.4 Å². The molecule has 1 aromatic heterocycles. The van der Waals surface area contributed by atoms with E-state index in [-0.39, 0.29) is 11.4 Å². The lowest BCUT2D eigenvalue weighted by molar-refractivity contribution is 0.191. The Bertz CT molecular complexity index is 947. The molecular formula is C19H19FN4O. The predicted octanol–water partition coefficient (Wildman–Crippen LogP) is 2.32. The molecule has 1 fully saturated rings. The van der Waals surface area contributed by atoms with Gasteiger partial charge >= 0.3 is 0 Å². The van der Waals surface area contributed by atoms with Gasteiger partial charge in [0, 0.05) is 31.6 Å². The molecule has 6 heteroatoms. The van der Waals surface area contributed by atoms with Crippen LogP contribution in [-0.2, 0) is 6.67 Å². The number of rotatable bonds is 3. The summed E-state index contributed by atoms with van der Waals surface area (Å²) in [6, 6.07) is 14.3. The van der Waals surface area contributed by atoms with Crippen molar-refractivity contribution in [3.8, 4) is 0 Å². The minimum absolute atomic E-state index is 0.0744. The van der Waals surface area contributed by atoms with Crippen LogP contribution in [0.15, 0.2) is 59.5 Å². The van der Waals surface area contributed by atoms with Crippen molar-refractivity contribution < 1.29 is 4.39 Å². The maximum atomic E-state index is 13.9. The van der Waals surface area contributed by atoms with Crippen molar-refractivity contribution in [3.05, 3.63) is 70.9 Å². The van der Waals surface area contributed by atoms with Crippen molar-refractivity contribution in [2.75, 3.05) is 31.1 Å². The largest absolute Gasteiger partial charge is 0.367 e. The van der Waals surface area contributed by atoms with Crippen molar-refractivity contribution in [2.45, 2.75) is 6.67 Å². The van der Waals surface area contributed by atoms with Gasteiger partial charge in [0.15, 0.2) is 0 Å². The summed E-state index contributed by atoms with van der Waals surface area (Å²) >= 11 is 0. The minimum atomic E-state index is -0.191. The lowest BCUT2D eigenvalue weighted by Crippen LogP contribution is -2.48. The second-order valence-corrected chi connectivity index (χ2v) is 6.23. The molecule has 25 heavy (non-hydrogen) atoms. The summed E-state index contributed by atoms with van der Waals surface area (Å²) in [6.07, 6.45) is 1.73. The maximum Gasteiger partial charge on any atom is 0.275 e. The van der Waals surface area contributed by atoms with Gasteiger partial charge in [0.25, 0.3) is 5.56 Å². The van der Waals surface area contributed by atoms with Crippen LogP contribution in [0.5, 0.6) is 0 Å². The quantitative estimate of drug-likeness (QED) is 0.735. The molecule has 5 nitrogen and oxygen atoms in total. The van der Waals surface area contributed by atoms with Gasteiger partial charge < -0.3 is 4.90 Å². The molecule has 2 aromatic carbocycles. The Labute approximate surface area is 144 Å². The monoisotopic (exact) mass is 338 g/mol. The van der Waals surface area contributed by atoms with Crippen molar-refractivity contribution in [1.29, 1.82) is 0 Å². The molecule has 1 aliphatic heterocycles. The van der Waals surface area contributed by atoms with Crippen molar-refractivity contribution in [2.24, 2.45) is 0 Å². The van der Waals surface area contributed by atoms with Gasteiger partial charge in [0.1, 0.15) is 5.82 Å². The molecule has 0 unspecified atom stereocenters. The Morgan fingerprint density at radius 3 is 2.48 bits per heavy atom. The number of piperazine rings is 1. The summed E-state index contributed by atoms with van der Waals surface area (Å²) in [6.45, 7) is 3.42. The Balaban J connectivity index is 1.46. The van der Waals surface area contributed by atoms with E-state index in [4.69, 9.17) is 0 Å². The van der Waals surface area contributed by atoms with Crippen LogP contribution in [0.4, 0.5) is 10.1 Å². The van der Waals surface area contributed by atoms with E-state index in [1.165, 1.54) is 10.7 Å². The highest BCUT2D eigenvalue weighted by atomic mass is 19.1. The molecule has 0 aliphatic carbocycles. The van der Waals surface area contributed by atoms with Gasteiger partial charge in [-0.1, -0.05) is 30.3 Å². The van der Waals surface area contributed by atoms with E-state index in [9.17, 15) is 9.18 Å². The highest BCUT2D eigenvalue weighted by molar-refractivity contribution is 5.80. The van der Waals surface area contributed by atoms with Gasteiger partial charge in [0.05, 0.1) is 23.9 Å². The van der Waals surface area contributed by atoms with Crippen LogP contribution in [0.3, 0.4) is 0 Å². The third-order valence-electron chi connectivity index (χ3n) is 4.66. The smallest absolute Gasteiger partial charge is 0.275 e. The van der Waals surface area contributed by atoms with Gasteiger partial charge in [0.2, 0.25) is 0 Å². The molecule has 0 radical (unpaired) electrons. The van der Waals surface area contributed by atoms with Crippen LogP contribution in [0, 0.1) is 5.82 Å². The summed E-state index contributed by atoms with van der Waals surface area (Å²) in [5.41, 5.74) is 0.567. The number of halogens is 1. The first-order valence-electron chi connectivity index (χ1n) is 8.39. The number of aromatic nitrogens is 2. The lowest BCUT2D eigenvalue weighted by atomic mass is 10.2. The highest BCUT2D eigenvalue weighted by Gasteiger charge is 2.20. The molecule has 0 bridgehead atoms. The molecule has 0 atom stereocenters. The van der Waals surface area contributed by atoms with E-state index < -0.39 is 0 Å². The third-order valence-corrected chi connectivity index (χ3v) is 4.66. The SMILES string of the molecule is O=c1c2ccccc2cnn1CN1CCN(c2ccccc2F)CC1. The number of fused-ring (bicyclic) bond motifs is 1. The molecule has 1 saturated heterocycles. The fraction of sp³-hybridized carbons (Fsp3) is 0.263. The number of para-hydroxylation sites is 1. The Morgan fingerprint density at radius 2 is 1.68 bits per heavy atom. The van der Waals surface area contributed by atoms with Gasteiger partial charge in [-0.15, -0.1) is 0 Å². The van der Waals surface area contributed by atoms with Crippen molar-refractivity contribution in [3.63, 3.8) is 0 Å². The molecule has 2 heterocycles. The fourth-order valence-corrected chi connectivity index (χ4v) is 3.26. The minimum Gasteiger partial charge on any atom is -0.367 e. The summed E-state index contributed by atoms with van der Waals surface area (Å²) in [4.78, 5) is 16.8. The highest BCUT2D eigenvalue weighted by Crippen LogP contribution is 2.20. The summed E-state index contributed by atoms with van der Waals surface area (Å²) in [7, 11) is 0. The lowest BCUT2D eigenvalue weighted by Gasteiger charge is -2.36. The first-order chi connectivity index (χ1) is 12.2. The normalized spacial score (nSPS) is 15.6. The molecule has 128 valence electrons. The van der Waals surface area contributed by atoms with Gasteiger partial charge in [-0.25, -0.2) is 9.07 Å². The standard InChI is InChI=1S/C19H19FN4O/c20-17-7-3-4-8-18(17)23-11-9-22(10-12-23)14-24-19(25)16-6-2-1-5-15(16)13-21-24/h1-8,13H,9-12,14H2. The Hall–Kier alpha value is -2.73. The van der Waals surface area contributed by atoms with Crippen LogP contribution in [0.1, 0.15) is 0 Å². The number of hydrogen-bond donors (Lipinski definition) is 0. The summed E-state index contributed by atoms with van der Waals surface area (Å²) in [5, 5.41) is 5.82. The zero-order chi connectivity index (χ0) is 17.2. The maximum absolute atomic E-state index is 13.9. The second-order valence-electron chi connectivity index (χ2n) is 6.23. The van der Waals surface area contributed by atoms with E-state index in [1.807, 2.05) is 35.2 Å². The summed E-state index contributed by atoms with van der Waals surface area (Å²) < 4.78 is 15.4. The molecule has 0 N–H and O–H groups in total. The zero-order valence-electron chi connectivity index (χ0n) is 13.8. The van der Waals surface area contributed by atoms with Crippen LogP contribution in [0.2, 0.25) is 0 Å². The van der Waals surface area contributed by atoms with Crippen LogP contribution >= 0.6 is 0 Å². The Kier molecular flexibility index (Phi) is 4.19. The molecule has 3 aromatic rings. The Morgan fingerprint density at radius 1 is 0.960 bits per heavy atom. The summed E-state index contributed by atoms with van der Waals surface area (Å²) in [5.74, 6) is -0.191. The van der Waals surface area contributed by atoms with Gasteiger partial charge in [-0.2, -0.15) is 5.10 Å². The fourth-order valence-electron chi connectivity index (χ4n) is 3.26. The average molecular weight is 338 g/mol. The van der Waals surface area contributed by atoms with E-state index in [0.717, 1.165) is 31.6 Å². The number of anilines is 1. The van der Waals surface area contributed by atoms with Gasteiger partial charge in [-0.05, 0) is 18.2 Å². The van der Waals surface area contributed by atoms with E-state index in [2.05, 4.69) is 10.00 Å². The molecule has 4 rings (SSSR count). The van der Waals surface area contributed by atoms with E-state index >= 15 is 0 Å². The molecule has 0 saturated carbocycles. The van der Waals surface area contributed by atoms with Crippen molar-refractivity contribution >= 4 is 16.5 Å². The van der Waals surface area contributed by atoms with Crippen LogP contribution < -0.4 is 10.5 Å². The number of nitrogens with zero attached hydrogens (tertiary/aromatic N) is 4. The number of hydrogen-bond acceptors (Lipinski definition) is 4. The number of benzene rings is 2. The van der Waals surface area contributed by atoms with Gasteiger partial charge in [-0.3, -0.25) is 9.69 Å². The van der Waals surface area contributed by atoms with Crippen molar-refractivity contribution in [1.82, 2.24) is 14.7 Å². The first kappa shape index (κ1) is 15.8. The molecular weight excluding hydrogens is 319 g/mol. The van der Waals surface area contributed by atoms with E-state index in [0.29, 0.717) is 17.7 Å². The second kappa shape index (κ2) is 6.64. The van der Waals surface area contributed by atoms with E-state index in [1.54, 1.807) is 18.3 Å².